The summed E-state index contributed by atoms with van der Waals surface area (Å²) in [5.74, 6) is 0.378. The van der Waals surface area contributed by atoms with Gasteiger partial charge in [0.25, 0.3) is 0 Å². The number of pyridine rings is 1. The Kier molecular flexibility index (Phi) is 7.83. The van der Waals surface area contributed by atoms with Gasteiger partial charge in [-0.05, 0) is 27.1 Å². The van der Waals surface area contributed by atoms with Gasteiger partial charge in [0, 0.05) is 56.1 Å². The lowest BCUT2D eigenvalue weighted by atomic mass is 10.0. The Bertz CT molecular complexity index is 1070. The van der Waals surface area contributed by atoms with Crippen molar-refractivity contribution >= 4 is 34.6 Å². The van der Waals surface area contributed by atoms with Crippen LogP contribution in [-0.4, -0.2) is 64.6 Å². The number of hydrogen-bond donors (Lipinski definition) is 0. The molecule has 3 heterocycles. The van der Waals surface area contributed by atoms with Gasteiger partial charge in [0.05, 0.1) is 16.8 Å². The molecule has 0 fully saturated rings. The van der Waals surface area contributed by atoms with Gasteiger partial charge in [0.1, 0.15) is 12.4 Å². The number of carbonyl (C=O) groups is 1. The predicted molar refractivity (Wildman–Crippen MR) is 119 cm³/mol. The Morgan fingerprint density at radius 2 is 1.90 bits per heavy atom. The van der Waals surface area contributed by atoms with E-state index in [1.807, 2.05) is 25.9 Å². The van der Waals surface area contributed by atoms with Crippen molar-refractivity contribution in [3.63, 3.8) is 0 Å². The van der Waals surface area contributed by atoms with Crippen LogP contribution < -0.4 is 4.74 Å². The molecule has 0 aliphatic heterocycles. The first-order chi connectivity index (χ1) is 14.8. The van der Waals surface area contributed by atoms with Crippen LogP contribution in [0.25, 0.3) is 5.65 Å². The average molecular weight is 466 g/mol. The summed E-state index contributed by atoms with van der Waals surface area (Å²) in [5, 5.41) is 5.06. The molecular weight excluding hydrogens is 441 g/mol. The minimum Gasteiger partial charge on any atom is -0.476 e. The Balaban J connectivity index is 1.83. The molecule has 0 aliphatic carbocycles. The lowest BCUT2D eigenvalue weighted by Gasteiger charge is -2.16. The SMILES string of the molecule is CO[C@@H](C)c1c(CC(=O)Cc2cc(Cl)cnc2OCCN(C)C)cnc2cc(Cl)nn12. The van der Waals surface area contributed by atoms with Crippen LogP contribution in [-0.2, 0) is 22.4 Å². The van der Waals surface area contributed by atoms with Crippen molar-refractivity contribution in [2.75, 3.05) is 34.4 Å². The molecule has 0 saturated heterocycles. The number of carbonyl (C=O) groups excluding carboxylic acids is 1. The first-order valence-corrected chi connectivity index (χ1v) is 10.5. The number of ketones is 1. The Morgan fingerprint density at radius 1 is 1.16 bits per heavy atom. The predicted octanol–water partition coefficient (Wildman–Crippen LogP) is 3.43. The molecule has 1 atom stereocenters. The van der Waals surface area contributed by atoms with Gasteiger partial charge in [-0.1, -0.05) is 23.2 Å². The number of likely N-dealkylation sites (N-methyl/N-ethyl adjacent to an activating group) is 1. The summed E-state index contributed by atoms with van der Waals surface area (Å²) in [6.45, 7) is 3.07. The van der Waals surface area contributed by atoms with Crippen LogP contribution in [0.4, 0.5) is 0 Å². The van der Waals surface area contributed by atoms with Crippen LogP contribution in [0.1, 0.15) is 29.8 Å². The van der Waals surface area contributed by atoms with E-state index in [1.165, 1.54) is 6.20 Å². The van der Waals surface area contributed by atoms with Crippen LogP contribution >= 0.6 is 23.2 Å². The smallest absolute Gasteiger partial charge is 0.217 e. The van der Waals surface area contributed by atoms with Gasteiger partial charge in [-0.15, -0.1) is 0 Å². The van der Waals surface area contributed by atoms with Gasteiger partial charge >= 0.3 is 0 Å². The van der Waals surface area contributed by atoms with Crippen molar-refractivity contribution in [2.45, 2.75) is 25.9 Å². The third-order valence-electron chi connectivity index (χ3n) is 4.75. The number of hydrogen-bond acceptors (Lipinski definition) is 7. The molecule has 0 bridgehead atoms. The minimum atomic E-state index is -0.304. The van der Waals surface area contributed by atoms with Crippen LogP contribution in [0.15, 0.2) is 24.5 Å². The lowest BCUT2D eigenvalue weighted by Crippen LogP contribution is -2.20. The highest BCUT2D eigenvalue weighted by Gasteiger charge is 2.20. The number of aromatic nitrogens is 4. The van der Waals surface area contributed by atoms with Crippen molar-refractivity contribution in [2.24, 2.45) is 0 Å². The second kappa shape index (κ2) is 10.4. The minimum absolute atomic E-state index is 0.0366. The van der Waals surface area contributed by atoms with E-state index >= 15 is 0 Å². The average Bonchev–Trinajstić information content (AvgIpc) is 3.08. The van der Waals surface area contributed by atoms with Crippen molar-refractivity contribution in [1.82, 2.24) is 24.5 Å². The maximum Gasteiger partial charge on any atom is 0.217 e. The number of methoxy groups -OCH3 is 1. The molecule has 31 heavy (non-hydrogen) atoms. The highest BCUT2D eigenvalue weighted by Crippen LogP contribution is 2.25. The van der Waals surface area contributed by atoms with Crippen LogP contribution in [0.3, 0.4) is 0 Å². The van der Waals surface area contributed by atoms with E-state index in [4.69, 9.17) is 32.7 Å². The van der Waals surface area contributed by atoms with Crippen molar-refractivity contribution in [1.29, 1.82) is 0 Å². The Hall–Kier alpha value is -2.26. The summed E-state index contributed by atoms with van der Waals surface area (Å²) >= 11 is 12.2. The van der Waals surface area contributed by atoms with E-state index in [0.29, 0.717) is 33.9 Å². The van der Waals surface area contributed by atoms with E-state index in [2.05, 4.69) is 15.1 Å². The molecule has 3 rings (SSSR count). The van der Waals surface area contributed by atoms with Crippen molar-refractivity contribution < 1.29 is 14.3 Å². The fraction of sp³-hybridized carbons (Fsp3) is 0.429. The quantitative estimate of drug-likeness (QED) is 0.453. The summed E-state index contributed by atoms with van der Waals surface area (Å²) in [6, 6.07) is 3.37. The maximum absolute atomic E-state index is 13.0. The highest BCUT2D eigenvalue weighted by atomic mass is 35.5. The van der Waals surface area contributed by atoms with Crippen molar-refractivity contribution in [3.05, 3.63) is 51.5 Å². The number of ether oxygens (including phenoxy) is 2. The third-order valence-corrected chi connectivity index (χ3v) is 5.15. The monoisotopic (exact) mass is 465 g/mol. The molecule has 0 saturated carbocycles. The molecule has 0 amide bonds. The van der Waals surface area contributed by atoms with Gasteiger partial charge < -0.3 is 14.4 Å². The number of fused-ring (bicyclic) bond motifs is 1. The molecule has 0 unspecified atom stereocenters. The first kappa shape index (κ1) is 23.4. The molecule has 166 valence electrons. The Labute approximate surface area is 191 Å². The lowest BCUT2D eigenvalue weighted by molar-refractivity contribution is -0.117. The highest BCUT2D eigenvalue weighted by molar-refractivity contribution is 6.30. The molecule has 0 spiro atoms. The fourth-order valence-electron chi connectivity index (χ4n) is 3.18. The molecule has 3 aromatic heterocycles. The largest absolute Gasteiger partial charge is 0.476 e. The summed E-state index contributed by atoms with van der Waals surface area (Å²) in [7, 11) is 5.52. The molecule has 0 aromatic carbocycles. The maximum atomic E-state index is 13.0. The Morgan fingerprint density at radius 3 is 2.61 bits per heavy atom. The van der Waals surface area contributed by atoms with Gasteiger partial charge in [-0.25, -0.2) is 14.5 Å². The van der Waals surface area contributed by atoms with Gasteiger partial charge in [-0.3, -0.25) is 4.79 Å². The summed E-state index contributed by atoms with van der Waals surface area (Å²) in [5.41, 5.74) is 2.69. The topological polar surface area (TPSA) is 81.9 Å². The van der Waals surface area contributed by atoms with E-state index in [1.54, 1.807) is 30.0 Å². The summed E-state index contributed by atoms with van der Waals surface area (Å²) < 4.78 is 12.9. The summed E-state index contributed by atoms with van der Waals surface area (Å²) in [6.07, 6.45) is 3.15. The van der Waals surface area contributed by atoms with Crippen LogP contribution in [0.5, 0.6) is 5.88 Å². The second-order valence-corrected chi connectivity index (χ2v) is 8.27. The molecule has 3 aromatic rings. The number of Topliss-reactive ketones (excluding diaryl/α,β-unsaturated/α-hetero) is 1. The number of nitrogens with zero attached hydrogens (tertiary/aromatic N) is 5. The van der Waals surface area contributed by atoms with Gasteiger partial charge in [0.2, 0.25) is 5.88 Å². The fourth-order valence-corrected chi connectivity index (χ4v) is 3.53. The molecule has 10 heteroatoms. The zero-order chi connectivity index (χ0) is 22.5. The molecular formula is C21H25Cl2N5O3. The van der Waals surface area contributed by atoms with E-state index in [0.717, 1.165) is 17.8 Å². The normalized spacial score (nSPS) is 12.5. The number of rotatable bonds is 10. The molecule has 0 aliphatic rings. The van der Waals surface area contributed by atoms with Crippen molar-refractivity contribution in [3.8, 4) is 5.88 Å². The van der Waals surface area contributed by atoms with E-state index in [9.17, 15) is 4.79 Å². The standard InChI is InChI=1S/C21H25Cl2N5O3/c1-13(30-4)20-15(11-24-19-10-18(23)26-28(19)20)9-17(29)8-14-7-16(22)12-25-21(14)31-6-5-27(2)3/h7,10-13H,5-6,8-9H2,1-4H3/t13-/m0/s1. The summed E-state index contributed by atoms with van der Waals surface area (Å²) in [4.78, 5) is 23.6. The van der Waals surface area contributed by atoms with Crippen LogP contribution in [0, 0.1) is 0 Å². The first-order valence-electron chi connectivity index (χ1n) is 9.78. The zero-order valence-corrected chi connectivity index (χ0v) is 19.4. The molecule has 0 N–H and O–H groups in total. The third kappa shape index (κ3) is 5.92. The van der Waals surface area contributed by atoms with Crippen LogP contribution in [0.2, 0.25) is 10.2 Å². The number of halogens is 2. The van der Waals surface area contributed by atoms with Gasteiger partial charge in [0.15, 0.2) is 10.8 Å². The second-order valence-electron chi connectivity index (χ2n) is 7.45. The van der Waals surface area contributed by atoms with E-state index < -0.39 is 0 Å². The molecule has 0 radical (unpaired) electrons. The van der Waals surface area contributed by atoms with Gasteiger partial charge in [-0.2, -0.15) is 5.10 Å². The zero-order valence-electron chi connectivity index (χ0n) is 17.9. The molecule has 8 nitrogen and oxygen atoms in total. The van der Waals surface area contributed by atoms with E-state index in [-0.39, 0.29) is 24.7 Å².